The van der Waals surface area contributed by atoms with E-state index < -0.39 is 0 Å². The van der Waals surface area contributed by atoms with Gasteiger partial charge in [0, 0.05) is 12.5 Å². The Kier molecular flexibility index (Phi) is 4.44. The van der Waals surface area contributed by atoms with Gasteiger partial charge in [-0.3, -0.25) is 5.26 Å². The van der Waals surface area contributed by atoms with Crippen molar-refractivity contribution >= 4 is 6.29 Å². The third kappa shape index (κ3) is 3.73. The monoisotopic (exact) mass is 119 g/mol. The molecule has 8 heavy (non-hydrogen) atoms. The summed E-state index contributed by atoms with van der Waals surface area (Å²) in [4.78, 5) is 13.3. The minimum atomic E-state index is -0.377. The molecule has 0 fully saturated rings. The molecule has 0 spiro atoms. The molecule has 0 bridgehead atoms. The zero-order chi connectivity index (χ0) is 6.41. The van der Waals surface area contributed by atoms with Crippen LogP contribution in [0.1, 0.15) is 6.42 Å². The van der Waals surface area contributed by atoms with E-state index in [2.05, 4.69) is 4.89 Å². The highest BCUT2D eigenvalue weighted by Crippen LogP contribution is 1.81. The predicted molar refractivity (Wildman–Crippen MR) is 27.2 cm³/mol. The van der Waals surface area contributed by atoms with Crippen LogP contribution >= 0.6 is 0 Å². The topological polar surface area (TPSA) is 72.6 Å². The first-order valence-electron chi connectivity index (χ1n) is 2.27. The first-order chi connectivity index (χ1) is 3.81. The average Bonchev–Trinajstić information content (AvgIpc) is 1.68. The molecule has 48 valence electrons. The highest BCUT2D eigenvalue weighted by Gasteiger charge is 1.98. The van der Waals surface area contributed by atoms with Crippen LogP contribution in [0.5, 0.6) is 0 Å². The fraction of sp³-hybridized carbons (Fsp3) is 0.750. The molecule has 4 nitrogen and oxygen atoms in total. The lowest BCUT2D eigenvalue weighted by atomic mass is 10.3. The van der Waals surface area contributed by atoms with Crippen LogP contribution in [-0.4, -0.2) is 24.2 Å². The number of hydrogen-bond donors (Lipinski definition) is 2. The molecule has 0 heterocycles. The summed E-state index contributed by atoms with van der Waals surface area (Å²) >= 11 is 0. The van der Waals surface area contributed by atoms with E-state index in [1.54, 1.807) is 0 Å². The van der Waals surface area contributed by atoms with Crippen LogP contribution in [-0.2, 0) is 9.68 Å². The van der Waals surface area contributed by atoms with Gasteiger partial charge in [0.2, 0.25) is 0 Å². The van der Waals surface area contributed by atoms with E-state index in [-0.39, 0.29) is 19.1 Å². The Morgan fingerprint density at radius 2 is 2.50 bits per heavy atom. The van der Waals surface area contributed by atoms with Gasteiger partial charge in [-0.25, -0.2) is 4.89 Å². The van der Waals surface area contributed by atoms with Crippen LogP contribution in [0.4, 0.5) is 0 Å². The SMILES string of the molecule is NC(CC=O)COO. The minimum Gasteiger partial charge on any atom is -0.325 e. The van der Waals surface area contributed by atoms with E-state index >= 15 is 0 Å². The van der Waals surface area contributed by atoms with Gasteiger partial charge in [-0.05, 0) is 0 Å². The fourth-order valence-corrected chi connectivity index (χ4v) is 0.287. The van der Waals surface area contributed by atoms with Crippen molar-refractivity contribution < 1.29 is 14.9 Å². The largest absolute Gasteiger partial charge is 0.325 e. The Hall–Kier alpha value is -0.450. The highest BCUT2D eigenvalue weighted by molar-refractivity contribution is 5.50. The number of rotatable bonds is 4. The second kappa shape index (κ2) is 4.70. The molecular weight excluding hydrogens is 110 g/mol. The Bertz CT molecular complexity index is 66.3. The van der Waals surface area contributed by atoms with E-state index in [4.69, 9.17) is 11.0 Å². The Morgan fingerprint density at radius 1 is 1.88 bits per heavy atom. The molecule has 0 aliphatic heterocycles. The first kappa shape index (κ1) is 7.55. The van der Waals surface area contributed by atoms with Crippen LogP contribution in [0.25, 0.3) is 0 Å². The van der Waals surface area contributed by atoms with E-state index in [0.29, 0.717) is 6.29 Å². The van der Waals surface area contributed by atoms with Crippen LogP contribution < -0.4 is 5.73 Å². The molecule has 0 aromatic heterocycles. The second-order valence-electron chi connectivity index (χ2n) is 1.46. The summed E-state index contributed by atoms with van der Waals surface area (Å²) in [5.74, 6) is 0. The summed E-state index contributed by atoms with van der Waals surface area (Å²) in [6.45, 7) is 0.0126. The molecule has 0 radical (unpaired) electrons. The molecular formula is C4H9NO3. The maximum atomic E-state index is 9.67. The van der Waals surface area contributed by atoms with Gasteiger partial charge < -0.3 is 10.5 Å². The van der Waals surface area contributed by atoms with Crippen molar-refractivity contribution in [1.82, 2.24) is 0 Å². The highest BCUT2D eigenvalue weighted by atomic mass is 17.1. The van der Waals surface area contributed by atoms with Crippen molar-refractivity contribution in [3.63, 3.8) is 0 Å². The number of carbonyl (C=O) groups excluding carboxylic acids is 1. The molecule has 0 saturated carbocycles. The molecule has 4 heteroatoms. The lowest BCUT2D eigenvalue weighted by Gasteiger charge is -2.01. The van der Waals surface area contributed by atoms with E-state index in [9.17, 15) is 4.79 Å². The molecule has 0 aromatic carbocycles. The summed E-state index contributed by atoms with van der Waals surface area (Å²) in [5.41, 5.74) is 5.18. The van der Waals surface area contributed by atoms with Gasteiger partial charge in [0.25, 0.3) is 0 Å². The maximum absolute atomic E-state index is 9.67. The number of aldehydes is 1. The lowest BCUT2D eigenvalue weighted by Crippen LogP contribution is -2.25. The molecule has 0 aromatic rings. The standard InChI is InChI=1S/C4H9NO3/c5-4(1-2-6)3-8-7/h2,4,7H,1,3,5H2. The molecule has 1 atom stereocenters. The van der Waals surface area contributed by atoms with Crippen LogP contribution in [0.2, 0.25) is 0 Å². The van der Waals surface area contributed by atoms with Gasteiger partial charge >= 0.3 is 0 Å². The van der Waals surface area contributed by atoms with Crippen molar-refractivity contribution in [3.8, 4) is 0 Å². The summed E-state index contributed by atoms with van der Waals surface area (Å²) in [5, 5.41) is 7.77. The van der Waals surface area contributed by atoms with Gasteiger partial charge in [0.05, 0.1) is 6.61 Å². The molecule has 0 aliphatic carbocycles. The third-order valence-corrected chi connectivity index (χ3v) is 0.688. The van der Waals surface area contributed by atoms with Gasteiger partial charge in [-0.1, -0.05) is 0 Å². The normalized spacial score (nSPS) is 13.2. The van der Waals surface area contributed by atoms with Gasteiger partial charge in [0.1, 0.15) is 6.29 Å². The quantitative estimate of drug-likeness (QED) is 0.294. The maximum Gasteiger partial charge on any atom is 0.121 e. The number of hydrogen-bond acceptors (Lipinski definition) is 4. The van der Waals surface area contributed by atoms with Gasteiger partial charge in [-0.15, -0.1) is 0 Å². The molecule has 0 saturated heterocycles. The molecule has 0 rings (SSSR count). The molecule has 1 unspecified atom stereocenters. The zero-order valence-corrected chi connectivity index (χ0v) is 4.41. The predicted octanol–water partition coefficient (Wildman–Crippen LogP) is -0.608. The van der Waals surface area contributed by atoms with Gasteiger partial charge in [-0.2, -0.15) is 0 Å². The summed E-state index contributed by atoms with van der Waals surface area (Å²) in [6.07, 6.45) is 0.907. The van der Waals surface area contributed by atoms with Crippen molar-refractivity contribution in [2.24, 2.45) is 5.73 Å². The van der Waals surface area contributed by atoms with Crippen molar-refractivity contribution in [2.45, 2.75) is 12.5 Å². The Balaban J connectivity index is 3.03. The fourth-order valence-electron chi connectivity index (χ4n) is 0.287. The van der Waals surface area contributed by atoms with Crippen molar-refractivity contribution in [1.29, 1.82) is 0 Å². The molecule has 3 N–H and O–H groups in total. The summed E-state index contributed by atoms with van der Waals surface area (Å²) < 4.78 is 0. The summed E-state index contributed by atoms with van der Waals surface area (Å²) in [7, 11) is 0. The van der Waals surface area contributed by atoms with Crippen LogP contribution in [0.3, 0.4) is 0 Å². The van der Waals surface area contributed by atoms with E-state index in [1.807, 2.05) is 0 Å². The zero-order valence-electron chi connectivity index (χ0n) is 4.41. The molecule has 0 aliphatic rings. The Morgan fingerprint density at radius 3 is 2.88 bits per heavy atom. The van der Waals surface area contributed by atoms with Crippen LogP contribution in [0.15, 0.2) is 0 Å². The summed E-state index contributed by atoms with van der Waals surface area (Å²) in [6, 6.07) is -0.377. The Labute approximate surface area is 47.2 Å². The van der Waals surface area contributed by atoms with Crippen LogP contribution in [0, 0.1) is 0 Å². The third-order valence-electron chi connectivity index (χ3n) is 0.688. The lowest BCUT2D eigenvalue weighted by molar-refractivity contribution is -0.245. The first-order valence-corrected chi connectivity index (χ1v) is 2.27. The minimum absolute atomic E-state index is 0.0126. The smallest absolute Gasteiger partial charge is 0.121 e. The van der Waals surface area contributed by atoms with Crippen molar-refractivity contribution in [3.05, 3.63) is 0 Å². The second-order valence-corrected chi connectivity index (χ2v) is 1.46. The van der Waals surface area contributed by atoms with E-state index in [0.717, 1.165) is 0 Å². The van der Waals surface area contributed by atoms with Crippen molar-refractivity contribution in [2.75, 3.05) is 6.61 Å². The average molecular weight is 119 g/mol. The number of carbonyl (C=O) groups is 1. The molecule has 0 amide bonds. The van der Waals surface area contributed by atoms with E-state index in [1.165, 1.54) is 0 Å². The number of nitrogens with two attached hydrogens (primary N) is 1. The van der Waals surface area contributed by atoms with Gasteiger partial charge in [0.15, 0.2) is 0 Å².